The van der Waals surface area contributed by atoms with Crippen LogP contribution in [0.25, 0.3) is 0 Å². The predicted octanol–water partition coefficient (Wildman–Crippen LogP) is 3.00. The molecule has 10 heteroatoms. The molecular formula is C33H41N5O5. The third-order valence-corrected chi connectivity index (χ3v) is 11.2. The summed E-state index contributed by atoms with van der Waals surface area (Å²) in [5.41, 5.74) is 0.731. The van der Waals surface area contributed by atoms with Crippen LogP contribution in [0.5, 0.6) is 5.75 Å². The van der Waals surface area contributed by atoms with E-state index in [1.54, 1.807) is 4.90 Å². The molecular weight excluding hydrogens is 546 g/mol. The number of fused-ring (bicyclic) bond motifs is 1. The number of carbonyl (C=O) groups excluding carboxylic acids is 4. The Morgan fingerprint density at radius 1 is 0.977 bits per heavy atom. The summed E-state index contributed by atoms with van der Waals surface area (Å²) in [6.07, 6.45) is 9.63. The maximum Gasteiger partial charge on any atom is 0.255 e. The topological polar surface area (TPSA) is 123 Å². The Morgan fingerprint density at radius 2 is 1.74 bits per heavy atom. The molecule has 2 aliphatic carbocycles. The lowest BCUT2D eigenvalue weighted by atomic mass is 9.68. The number of imide groups is 1. The van der Waals surface area contributed by atoms with Gasteiger partial charge in [0.25, 0.3) is 5.91 Å². The van der Waals surface area contributed by atoms with Crippen LogP contribution in [0.3, 0.4) is 0 Å². The molecule has 10 nitrogen and oxygen atoms in total. The number of amides is 4. The number of hydrogen-bond donors (Lipinski definition) is 1. The summed E-state index contributed by atoms with van der Waals surface area (Å²) in [7, 11) is 0. The first-order valence-electron chi connectivity index (χ1n) is 16.2. The average Bonchev–Trinajstić information content (AvgIpc) is 3.28. The van der Waals surface area contributed by atoms with Crippen LogP contribution in [0.2, 0.25) is 0 Å². The molecule has 0 aromatic heterocycles. The summed E-state index contributed by atoms with van der Waals surface area (Å²) in [6, 6.07) is 7.72. The molecule has 3 saturated heterocycles. The van der Waals surface area contributed by atoms with E-state index in [4.69, 9.17) is 4.74 Å². The summed E-state index contributed by atoms with van der Waals surface area (Å²) in [5.74, 6) is 1.27. The second kappa shape index (κ2) is 11.2. The van der Waals surface area contributed by atoms with Crippen LogP contribution in [0.15, 0.2) is 18.2 Å². The van der Waals surface area contributed by atoms with Crippen LogP contribution < -0.4 is 10.1 Å². The van der Waals surface area contributed by atoms with E-state index >= 15 is 0 Å². The van der Waals surface area contributed by atoms with Gasteiger partial charge in [0.05, 0.1) is 6.07 Å². The molecule has 1 aromatic rings. The van der Waals surface area contributed by atoms with E-state index < -0.39 is 17.4 Å². The molecule has 0 radical (unpaired) electrons. The van der Waals surface area contributed by atoms with E-state index in [1.807, 2.05) is 23.1 Å². The van der Waals surface area contributed by atoms with Crippen molar-refractivity contribution in [2.45, 2.75) is 95.4 Å². The Labute approximate surface area is 252 Å². The lowest BCUT2D eigenvalue weighted by molar-refractivity contribution is -0.145. The van der Waals surface area contributed by atoms with E-state index in [0.29, 0.717) is 36.4 Å². The van der Waals surface area contributed by atoms with Crippen molar-refractivity contribution in [3.63, 3.8) is 0 Å². The summed E-state index contributed by atoms with van der Waals surface area (Å²) < 4.78 is 6.62. The number of carbonyl (C=O) groups is 4. The van der Waals surface area contributed by atoms with E-state index in [0.717, 1.165) is 88.9 Å². The molecule has 228 valence electrons. The van der Waals surface area contributed by atoms with Gasteiger partial charge >= 0.3 is 0 Å². The van der Waals surface area contributed by atoms with Gasteiger partial charge in [0.2, 0.25) is 17.7 Å². The van der Waals surface area contributed by atoms with Gasteiger partial charge in [-0.1, -0.05) is 6.42 Å². The lowest BCUT2D eigenvalue weighted by Crippen LogP contribution is -2.60. The second-order valence-electron chi connectivity index (χ2n) is 13.6. The van der Waals surface area contributed by atoms with Crippen LogP contribution in [0, 0.1) is 28.6 Å². The molecule has 0 spiro atoms. The lowest BCUT2D eigenvalue weighted by Gasteiger charge is -2.52. The second-order valence-corrected chi connectivity index (χ2v) is 13.6. The van der Waals surface area contributed by atoms with Gasteiger partial charge in [0.1, 0.15) is 23.3 Å². The quantitative estimate of drug-likeness (QED) is 0.508. The summed E-state index contributed by atoms with van der Waals surface area (Å²) in [5, 5.41) is 11.9. The smallest absolute Gasteiger partial charge is 0.255 e. The van der Waals surface area contributed by atoms with Crippen molar-refractivity contribution in [3.8, 4) is 11.8 Å². The molecule has 43 heavy (non-hydrogen) atoms. The SMILES string of the molecule is N#CC1(C(=O)N2CCC(C3CN([C@@H]4CCCC[C@H]4Oc4ccc5c(c4)CN(C4CCC(=O)NC4=O)C5=O)C3)CC2)CCC1. The first-order chi connectivity index (χ1) is 20.8. The molecule has 1 unspecified atom stereocenters. The zero-order valence-corrected chi connectivity index (χ0v) is 24.8. The van der Waals surface area contributed by atoms with Gasteiger partial charge < -0.3 is 14.5 Å². The van der Waals surface area contributed by atoms with Crippen molar-refractivity contribution in [1.29, 1.82) is 5.26 Å². The van der Waals surface area contributed by atoms with Crippen molar-refractivity contribution in [2.24, 2.45) is 17.3 Å². The highest BCUT2D eigenvalue weighted by molar-refractivity contribution is 6.05. The number of nitrogens with one attached hydrogen (secondary N) is 1. The molecule has 4 heterocycles. The summed E-state index contributed by atoms with van der Waals surface area (Å²) in [6.45, 7) is 4.05. The molecule has 0 bridgehead atoms. The minimum Gasteiger partial charge on any atom is -0.489 e. The molecule has 6 aliphatic rings. The van der Waals surface area contributed by atoms with Crippen molar-refractivity contribution in [3.05, 3.63) is 29.3 Å². The van der Waals surface area contributed by atoms with Crippen LogP contribution in [-0.4, -0.2) is 82.7 Å². The Hall–Kier alpha value is -3.45. The summed E-state index contributed by atoms with van der Waals surface area (Å²) >= 11 is 0. The number of ether oxygens (including phenoxy) is 1. The van der Waals surface area contributed by atoms with E-state index in [2.05, 4.69) is 16.3 Å². The molecule has 5 fully saturated rings. The molecule has 1 N–H and O–H groups in total. The Balaban J connectivity index is 0.930. The largest absolute Gasteiger partial charge is 0.489 e. The number of nitrogens with zero attached hydrogens (tertiary/aromatic N) is 4. The normalized spacial score (nSPS) is 29.7. The monoisotopic (exact) mass is 587 g/mol. The number of hydrogen-bond acceptors (Lipinski definition) is 7. The molecule has 7 rings (SSSR count). The molecule has 2 saturated carbocycles. The number of benzene rings is 1. The zero-order chi connectivity index (χ0) is 29.7. The number of nitriles is 1. The first-order valence-corrected chi connectivity index (χ1v) is 16.2. The van der Waals surface area contributed by atoms with Crippen LogP contribution in [0.1, 0.15) is 86.6 Å². The number of likely N-dealkylation sites (tertiary alicyclic amines) is 2. The maximum absolute atomic E-state index is 13.1. The molecule has 4 aliphatic heterocycles. The Morgan fingerprint density at radius 3 is 2.44 bits per heavy atom. The standard InChI is InChI=1S/C33H41N5O5/c34-20-33(12-3-13-33)32(42)36-14-10-21(11-15-36)23-17-37(18-23)26-4-1-2-5-28(26)43-24-6-7-25-22(16-24)19-38(31(25)41)27-8-9-29(39)35-30(27)40/h6-7,16,21,23,26-28H,1-5,8-15,17-19H2,(H,35,39,40)/t26-,27?,28-/m1/s1. The van der Waals surface area contributed by atoms with Gasteiger partial charge in [-0.05, 0) is 93.4 Å². The Kier molecular flexibility index (Phi) is 7.40. The third-order valence-electron chi connectivity index (χ3n) is 11.2. The number of rotatable bonds is 6. The van der Waals surface area contributed by atoms with Crippen LogP contribution in [-0.2, 0) is 20.9 Å². The van der Waals surface area contributed by atoms with E-state index in [-0.39, 0.29) is 30.2 Å². The van der Waals surface area contributed by atoms with Gasteiger partial charge in [-0.25, -0.2) is 0 Å². The molecule has 1 aromatic carbocycles. The van der Waals surface area contributed by atoms with Crippen molar-refractivity contribution >= 4 is 23.6 Å². The van der Waals surface area contributed by atoms with Crippen LogP contribution >= 0.6 is 0 Å². The van der Waals surface area contributed by atoms with E-state index in [1.165, 1.54) is 6.42 Å². The molecule has 3 atom stereocenters. The van der Waals surface area contributed by atoms with Crippen molar-refractivity contribution in [1.82, 2.24) is 20.0 Å². The highest BCUT2D eigenvalue weighted by Gasteiger charge is 2.48. The maximum atomic E-state index is 13.1. The predicted molar refractivity (Wildman–Crippen MR) is 155 cm³/mol. The summed E-state index contributed by atoms with van der Waals surface area (Å²) in [4.78, 5) is 56.1. The zero-order valence-electron chi connectivity index (χ0n) is 24.8. The van der Waals surface area contributed by atoms with Gasteiger partial charge in [-0.15, -0.1) is 0 Å². The van der Waals surface area contributed by atoms with Gasteiger partial charge in [0, 0.05) is 50.7 Å². The first kappa shape index (κ1) is 28.3. The fraction of sp³-hybridized carbons (Fsp3) is 0.667. The van der Waals surface area contributed by atoms with Gasteiger partial charge in [0.15, 0.2) is 0 Å². The van der Waals surface area contributed by atoms with Crippen molar-refractivity contribution < 1.29 is 23.9 Å². The van der Waals surface area contributed by atoms with Gasteiger partial charge in [-0.3, -0.25) is 29.4 Å². The highest BCUT2D eigenvalue weighted by atomic mass is 16.5. The van der Waals surface area contributed by atoms with E-state index in [9.17, 15) is 24.4 Å². The number of piperidine rings is 2. The fourth-order valence-corrected chi connectivity index (χ4v) is 8.33. The van der Waals surface area contributed by atoms with Crippen LogP contribution in [0.4, 0.5) is 0 Å². The highest BCUT2D eigenvalue weighted by Crippen LogP contribution is 2.43. The Bertz CT molecular complexity index is 1350. The minimum atomic E-state index is -0.739. The van der Waals surface area contributed by atoms with Gasteiger partial charge in [-0.2, -0.15) is 5.26 Å². The minimum absolute atomic E-state index is 0.0664. The average molecular weight is 588 g/mol. The fourth-order valence-electron chi connectivity index (χ4n) is 8.33. The molecule has 4 amide bonds. The third kappa shape index (κ3) is 5.09. The van der Waals surface area contributed by atoms with Crippen molar-refractivity contribution in [2.75, 3.05) is 26.2 Å².